The second kappa shape index (κ2) is 16.1. The zero-order valence-corrected chi connectivity index (χ0v) is 24.1. The Morgan fingerprint density at radius 3 is 2.17 bits per heavy atom. The zero-order valence-electron chi connectivity index (χ0n) is 24.1. The predicted molar refractivity (Wildman–Crippen MR) is 159 cm³/mol. The van der Waals surface area contributed by atoms with Gasteiger partial charge in [-0.15, -0.1) is 0 Å². The minimum Gasteiger partial charge on any atom is -0.392 e. The van der Waals surface area contributed by atoms with Gasteiger partial charge in [0.05, 0.1) is 18.8 Å². The molecule has 0 spiro atoms. The van der Waals surface area contributed by atoms with E-state index in [0.717, 1.165) is 36.2 Å². The van der Waals surface area contributed by atoms with Gasteiger partial charge in [0, 0.05) is 43.6 Å². The first kappa shape index (κ1) is 31.3. The number of rotatable bonds is 14. The molecule has 1 aliphatic rings. The number of nitrogens with one attached hydrogen (secondary N) is 2. The van der Waals surface area contributed by atoms with Crippen LogP contribution in [0, 0.1) is 0 Å². The molecule has 42 heavy (non-hydrogen) atoms. The topological polar surface area (TPSA) is 120 Å². The summed E-state index contributed by atoms with van der Waals surface area (Å²) in [5.74, 6) is -0.505. The average molecular weight is 576 g/mol. The van der Waals surface area contributed by atoms with Crippen molar-refractivity contribution in [3.8, 4) is 0 Å². The maximum absolute atomic E-state index is 12.4. The molecule has 0 aliphatic carbocycles. The lowest BCUT2D eigenvalue weighted by molar-refractivity contribution is -0.252. The average Bonchev–Trinajstić information content (AvgIpc) is 3.01. The first-order valence-corrected chi connectivity index (χ1v) is 14.5. The lowest BCUT2D eigenvalue weighted by Gasteiger charge is -2.38. The van der Waals surface area contributed by atoms with Crippen molar-refractivity contribution in [2.75, 3.05) is 18.9 Å². The Kier molecular flexibility index (Phi) is 12.0. The molecule has 0 unspecified atom stereocenters. The van der Waals surface area contributed by atoms with Gasteiger partial charge in [-0.25, -0.2) is 5.48 Å². The zero-order chi connectivity index (χ0) is 29.7. The SMILES string of the molecule is CN(Cc1ccccc1)C[C@H]1C[C@@H](c2ccc(CO)cc2)O[C@@H](c2ccc(NC(=O)CCCCCC(=O)NO)cc2)O1. The molecule has 4 rings (SSSR count). The second-order valence-corrected chi connectivity index (χ2v) is 10.8. The molecule has 0 saturated carbocycles. The van der Waals surface area contributed by atoms with Crippen LogP contribution in [0.25, 0.3) is 0 Å². The molecule has 3 aromatic carbocycles. The number of ether oxygens (including phenoxy) is 2. The molecule has 3 atom stereocenters. The molecule has 0 bridgehead atoms. The van der Waals surface area contributed by atoms with Gasteiger partial charge >= 0.3 is 0 Å². The van der Waals surface area contributed by atoms with Gasteiger partial charge in [0.25, 0.3) is 0 Å². The first-order chi connectivity index (χ1) is 20.4. The summed E-state index contributed by atoms with van der Waals surface area (Å²) >= 11 is 0. The van der Waals surface area contributed by atoms with Gasteiger partial charge in [0.15, 0.2) is 6.29 Å². The number of unbranched alkanes of at least 4 members (excludes halogenated alkanes) is 2. The van der Waals surface area contributed by atoms with Crippen LogP contribution >= 0.6 is 0 Å². The largest absolute Gasteiger partial charge is 0.392 e. The third kappa shape index (κ3) is 9.75. The van der Waals surface area contributed by atoms with E-state index in [9.17, 15) is 14.7 Å². The predicted octanol–water partition coefficient (Wildman–Crippen LogP) is 5.25. The maximum Gasteiger partial charge on any atom is 0.243 e. The van der Waals surface area contributed by atoms with Crippen LogP contribution < -0.4 is 10.8 Å². The van der Waals surface area contributed by atoms with Crippen molar-refractivity contribution in [1.82, 2.24) is 10.4 Å². The molecule has 1 fully saturated rings. The fraction of sp³-hybridized carbons (Fsp3) is 0.394. The number of hydroxylamine groups is 1. The first-order valence-electron chi connectivity index (χ1n) is 14.5. The number of carbonyl (C=O) groups is 2. The second-order valence-electron chi connectivity index (χ2n) is 10.8. The number of aliphatic hydroxyl groups excluding tert-OH is 1. The number of likely N-dealkylation sites (N-methyl/N-ethyl adjacent to an activating group) is 1. The fourth-order valence-electron chi connectivity index (χ4n) is 5.09. The Labute approximate surface area is 247 Å². The summed E-state index contributed by atoms with van der Waals surface area (Å²) in [5, 5.41) is 20.9. The van der Waals surface area contributed by atoms with E-state index in [4.69, 9.17) is 14.7 Å². The van der Waals surface area contributed by atoms with E-state index in [-0.39, 0.29) is 31.1 Å². The van der Waals surface area contributed by atoms with Gasteiger partial charge < -0.3 is 19.9 Å². The van der Waals surface area contributed by atoms with Crippen molar-refractivity contribution in [3.63, 3.8) is 0 Å². The van der Waals surface area contributed by atoms with Crippen molar-refractivity contribution in [2.24, 2.45) is 0 Å². The van der Waals surface area contributed by atoms with Gasteiger partial charge in [-0.3, -0.25) is 19.7 Å². The molecule has 9 nitrogen and oxygen atoms in total. The van der Waals surface area contributed by atoms with Gasteiger partial charge in [-0.2, -0.15) is 0 Å². The maximum atomic E-state index is 12.4. The Hall–Kier alpha value is -3.60. The molecule has 9 heteroatoms. The number of hydrogen-bond donors (Lipinski definition) is 4. The lowest BCUT2D eigenvalue weighted by atomic mass is 9.99. The standard InChI is InChI=1S/C33H41N3O6/c1-36(21-24-8-4-2-5-9-24)22-29-20-30(26-14-12-25(23-37)13-15-26)42-33(41-29)27-16-18-28(19-17-27)34-31(38)10-6-3-7-11-32(39)35-40/h2,4-5,8-9,12-19,29-30,33,37,40H,3,6-7,10-11,20-23H2,1H3,(H,34,38)(H,35,39)/t29-,30+,33+/m1/s1. The number of nitrogens with zero attached hydrogens (tertiary/aromatic N) is 1. The van der Waals surface area contributed by atoms with Crippen LogP contribution in [0.4, 0.5) is 5.69 Å². The van der Waals surface area contributed by atoms with Crippen LogP contribution in [-0.4, -0.2) is 46.7 Å². The Morgan fingerprint density at radius 2 is 1.50 bits per heavy atom. The molecule has 3 aromatic rings. The van der Waals surface area contributed by atoms with E-state index in [0.29, 0.717) is 31.4 Å². The summed E-state index contributed by atoms with van der Waals surface area (Å²) in [5.41, 5.74) is 6.30. The van der Waals surface area contributed by atoms with Crippen LogP contribution in [-0.2, 0) is 32.2 Å². The number of hydrogen-bond acceptors (Lipinski definition) is 7. The quantitative estimate of drug-likeness (QED) is 0.118. The minimum atomic E-state index is -0.572. The molecule has 0 aromatic heterocycles. The summed E-state index contributed by atoms with van der Waals surface area (Å²) in [4.78, 5) is 25.7. The van der Waals surface area contributed by atoms with Crippen molar-refractivity contribution >= 4 is 17.5 Å². The van der Waals surface area contributed by atoms with Gasteiger partial charge in [-0.1, -0.05) is 73.2 Å². The van der Waals surface area contributed by atoms with E-state index < -0.39 is 12.2 Å². The smallest absolute Gasteiger partial charge is 0.243 e. The minimum absolute atomic E-state index is 0.00329. The van der Waals surface area contributed by atoms with Crippen molar-refractivity contribution in [3.05, 3.63) is 101 Å². The number of benzene rings is 3. The summed E-state index contributed by atoms with van der Waals surface area (Å²) in [6, 6.07) is 25.7. The summed E-state index contributed by atoms with van der Waals surface area (Å²) in [7, 11) is 2.09. The Balaban J connectivity index is 1.37. The van der Waals surface area contributed by atoms with E-state index in [1.807, 2.05) is 66.7 Å². The molecule has 224 valence electrons. The fourth-order valence-corrected chi connectivity index (χ4v) is 5.09. The van der Waals surface area contributed by atoms with Gasteiger partial charge in [0.2, 0.25) is 11.8 Å². The molecule has 2 amide bonds. The summed E-state index contributed by atoms with van der Waals surface area (Å²) in [6.45, 7) is 1.55. The van der Waals surface area contributed by atoms with Crippen LogP contribution in [0.15, 0.2) is 78.9 Å². The molecular formula is C33H41N3O6. The van der Waals surface area contributed by atoms with Gasteiger partial charge in [0.1, 0.15) is 0 Å². The summed E-state index contributed by atoms with van der Waals surface area (Å²) < 4.78 is 12.9. The highest BCUT2D eigenvalue weighted by atomic mass is 16.7. The van der Waals surface area contributed by atoms with Crippen LogP contribution in [0.5, 0.6) is 0 Å². The monoisotopic (exact) mass is 575 g/mol. The van der Waals surface area contributed by atoms with Crippen LogP contribution in [0.1, 0.15) is 73.2 Å². The van der Waals surface area contributed by atoms with Crippen LogP contribution in [0.3, 0.4) is 0 Å². The number of amides is 2. The lowest BCUT2D eigenvalue weighted by Crippen LogP contribution is -2.37. The highest BCUT2D eigenvalue weighted by Gasteiger charge is 2.32. The number of carbonyl (C=O) groups excluding carboxylic acids is 2. The highest BCUT2D eigenvalue weighted by Crippen LogP contribution is 2.38. The molecule has 4 N–H and O–H groups in total. The molecule has 0 radical (unpaired) electrons. The molecule has 1 aliphatic heterocycles. The molecule has 1 saturated heterocycles. The van der Waals surface area contributed by atoms with Crippen molar-refractivity contribution in [2.45, 2.75) is 70.2 Å². The van der Waals surface area contributed by atoms with Crippen LogP contribution in [0.2, 0.25) is 0 Å². The Bertz CT molecular complexity index is 1250. The third-order valence-electron chi connectivity index (χ3n) is 7.32. The van der Waals surface area contributed by atoms with E-state index in [1.165, 1.54) is 5.56 Å². The molecular weight excluding hydrogens is 534 g/mol. The van der Waals surface area contributed by atoms with E-state index in [1.54, 1.807) is 5.48 Å². The van der Waals surface area contributed by atoms with E-state index >= 15 is 0 Å². The van der Waals surface area contributed by atoms with Crippen molar-refractivity contribution in [1.29, 1.82) is 0 Å². The normalized spacial score (nSPS) is 18.5. The summed E-state index contributed by atoms with van der Waals surface area (Å²) in [6.07, 6.45) is 2.48. The number of anilines is 1. The third-order valence-corrected chi connectivity index (χ3v) is 7.32. The van der Waals surface area contributed by atoms with E-state index in [2.05, 4.69) is 29.4 Å². The highest BCUT2D eigenvalue weighted by molar-refractivity contribution is 5.90. The molecule has 1 heterocycles. The van der Waals surface area contributed by atoms with Gasteiger partial charge in [-0.05, 0) is 48.7 Å². The Morgan fingerprint density at radius 1 is 0.833 bits per heavy atom. The van der Waals surface area contributed by atoms with Crippen molar-refractivity contribution < 1.29 is 29.4 Å². The number of aliphatic hydroxyl groups is 1.